The second-order valence-corrected chi connectivity index (χ2v) is 8.61. The molecule has 7 nitrogen and oxygen atoms in total. The second-order valence-electron chi connectivity index (χ2n) is 8.61. The third-order valence-electron chi connectivity index (χ3n) is 6.00. The number of carbonyl (C=O) groups excluding carboxylic acids is 1. The number of rotatable bonds is 12. The number of piperazine rings is 1. The lowest BCUT2D eigenvalue weighted by atomic mass is 10.0. The van der Waals surface area contributed by atoms with Gasteiger partial charge in [0.2, 0.25) is 5.91 Å². The molecule has 1 saturated heterocycles. The summed E-state index contributed by atoms with van der Waals surface area (Å²) in [6.07, 6.45) is 7.81. The van der Waals surface area contributed by atoms with Crippen LogP contribution in [0.15, 0.2) is 12.7 Å². The van der Waals surface area contributed by atoms with Crippen LogP contribution in [0.1, 0.15) is 71.1 Å². The molecule has 1 aliphatic rings. The molecule has 0 aliphatic carbocycles. The summed E-state index contributed by atoms with van der Waals surface area (Å²) in [6, 6.07) is 2.47. The molecule has 0 saturated carbocycles. The van der Waals surface area contributed by atoms with Crippen molar-refractivity contribution >= 4 is 11.7 Å². The molecule has 2 atom stereocenters. The van der Waals surface area contributed by atoms with Gasteiger partial charge in [0.25, 0.3) is 0 Å². The Bertz CT molecular complexity index is 804. The number of unbranched alkanes of at least 4 members (excludes halogenated alkanes) is 1. The quantitative estimate of drug-likeness (QED) is 0.450. The Morgan fingerprint density at radius 2 is 2.09 bits per heavy atom. The maximum Gasteiger partial charge on any atom is 0.318 e. The van der Waals surface area contributed by atoms with Crippen LogP contribution in [0, 0.1) is 17.2 Å². The molecular formula is C25H39N5O2. The predicted octanol–water partition coefficient (Wildman–Crippen LogP) is 4.31. The first kappa shape index (κ1) is 25.6. The summed E-state index contributed by atoms with van der Waals surface area (Å²) in [7, 11) is 0. The van der Waals surface area contributed by atoms with Crippen molar-refractivity contribution in [2.24, 2.45) is 5.92 Å². The minimum Gasteiger partial charge on any atom is -0.463 e. The molecule has 1 amide bonds. The van der Waals surface area contributed by atoms with Crippen molar-refractivity contribution in [2.45, 2.75) is 78.7 Å². The monoisotopic (exact) mass is 441 g/mol. The van der Waals surface area contributed by atoms with Crippen molar-refractivity contribution in [3.8, 4) is 12.1 Å². The zero-order valence-electron chi connectivity index (χ0n) is 20.3. The average Bonchev–Trinajstić information content (AvgIpc) is 2.81. The first-order chi connectivity index (χ1) is 15.5. The summed E-state index contributed by atoms with van der Waals surface area (Å²) in [5.41, 5.74) is 2.18. The van der Waals surface area contributed by atoms with Crippen LogP contribution < -0.4 is 9.64 Å². The van der Waals surface area contributed by atoms with Gasteiger partial charge in [0, 0.05) is 25.2 Å². The number of nitriles is 1. The Balaban J connectivity index is 2.32. The maximum absolute atomic E-state index is 12.3. The summed E-state index contributed by atoms with van der Waals surface area (Å²) < 4.78 is 6.04. The van der Waals surface area contributed by atoms with Crippen molar-refractivity contribution < 1.29 is 9.53 Å². The van der Waals surface area contributed by atoms with Gasteiger partial charge in [-0.3, -0.25) is 4.79 Å². The number of carbonyl (C=O) groups is 1. The van der Waals surface area contributed by atoms with Gasteiger partial charge < -0.3 is 14.5 Å². The van der Waals surface area contributed by atoms with E-state index in [1.807, 2.05) is 0 Å². The molecule has 0 spiro atoms. The van der Waals surface area contributed by atoms with Crippen molar-refractivity contribution in [1.29, 1.82) is 5.26 Å². The number of aryl methyl sites for hydroxylation is 1. The molecule has 176 valence electrons. The number of nitrogens with zero attached hydrogens (tertiary/aromatic N) is 5. The summed E-state index contributed by atoms with van der Waals surface area (Å²) in [6.45, 7) is 14.6. The van der Waals surface area contributed by atoms with E-state index in [0.29, 0.717) is 38.2 Å². The zero-order valence-corrected chi connectivity index (χ0v) is 20.3. The van der Waals surface area contributed by atoms with Gasteiger partial charge in [0.05, 0.1) is 30.8 Å². The number of hydrogen-bond donors (Lipinski definition) is 0. The lowest BCUT2D eigenvalue weighted by Gasteiger charge is -2.41. The van der Waals surface area contributed by atoms with E-state index in [4.69, 9.17) is 14.7 Å². The van der Waals surface area contributed by atoms with Crippen LogP contribution in [-0.2, 0) is 17.6 Å². The van der Waals surface area contributed by atoms with Crippen molar-refractivity contribution in [2.75, 3.05) is 31.1 Å². The molecular weight excluding hydrogens is 402 g/mol. The van der Waals surface area contributed by atoms with Gasteiger partial charge in [-0.05, 0) is 31.3 Å². The van der Waals surface area contributed by atoms with Crippen molar-refractivity contribution in [1.82, 2.24) is 14.9 Å². The molecule has 0 radical (unpaired) electrons. The maximum atomic E-state index is 12.3. The van der Waals surface area contributed by atoms with Gasteiger partial charge >= 0.3 is 6.01 Å². The Kier molecular flexibility index (Phi) is 10.5. The highest BCUT2D eigenvalue weighted by atomic mass is 16.5. The summed E-state index contributed by atoms with van der Waals surface area (Å²) in [4.78, 5) is 25.8. The molecule has 0 N–H and O–H groups in total. The number of aromatic nitrogens is 2. The second kappa shape index (κ2) is 13.0. The van der Waals surface area contributed by atoms with Crippen LogP contribution in [0.4, 0.5) is 5.82 Å². The zero-order chi connectivity index (χ0) is 23.5. The fourth-order valence-corrected chi connectivity index (χ4v) is 4.21. The molecule has 0 aromatic carbocycles. The third-order valence-corrected chi connectivity index (χ3v) is 6.00. The summed E-state index contributed by atoms with van der Waals surface area (Å²) >= 11 is 0. The van der Waals surface area contributed by atoms with Crippen LogP contribution >= 0.6 is 0 Å². The smallest absolute Gasteiger partial charge is 0.318 e. The van der Waals surface area contributed by atoms with E-state index in [9.17, 15) is 10.1 Å². The van der Waals surface area contributed by atoms with Crippen LogP contribution in [0.25, 0.3) is 0 Å². The minimum absolute atomic E-state index is 0.124. The summed E-state index contributed by atoms with van der Waals surface area (Å²) in [5.74, 6) is 1.22. The van der Waals surface area contributed by atoms with Gasteiger partial charge in [-0.1, -0.05) is 53.5 Å². The van der Waals surface area contributed by atoms with Gasteiger partial charge in [-0.25, -0.2) is 0 Å². The van der Waals surface area contributed by atoms with Gasteiger partial charge in [0.15, 0.2) is 0 Å². The van der Waals surface area contributed by atoms with E-state index in [2.05, 4.69) is 45.2 Å². The molecule has 2 heterocycles. The highest BCUT2D eigenvalue weighted by molar-refractivity contribution is 5.87. The first-order valence-corrected chi connectivity index (χ1v) is 12.1. The average molecular weight is 442 g/mol. The van der Waals surface area contributed by atoms with Gasteiger partial charge in [0.1, 0.15) is 5.82 Å². The largest absolute Gasteiger partial charge is 0.463 e. The fourth-order valence-electron chi connectivity index (χ4n) is 4.21. The fraction of sp³-hybridized carbons (Fsp3) is 0.680. The molecule has 0 bridgehead atoms. The predicted molar refractivity (Wildman–Crippen MR) is 128 cm³/mol. The SMILES string of the molecule is C=CC(=O)N1CCN(c2nc(OC[C@@H](C)CCCC)nc(CC)c2CCC)CC1CC#N. The van der Waals surface area contributed by atoms with Crippen LogP contribution in [-0.4, -0.2) is 53.1 Å². The Hall–Kier alpha value is -2.62. The van der Waals surface area contributed by atoms with E-state index in [0.717, 1.165) is 42.8 Å². The van der Waals surface area contributed by atoms with E-state index in [1.54, 1.807) is 4.90 Å². The molecule has 1 fully saturated rings. The Morgan fingerprint density at radius 3 is 2.72 bits per heavy atom. The van der Waals surface area contributed by atoms with E-state index in [1.165, 1.54) is 18.9 Å². The lowest BCUT2D eigenvalue weighted by Crippen LogP contribution is -2.55. The van der Waals surface area contributed by atoms with E-state index >= 15 is 0 Å². The van der Waals surface area contributed by atoms with Crippen molar-refractivity contribution in [3.05, 3.63) is 23.9 Å². The lowest BCUT2D eigenvalue weighted by molar-refractivity contribution is -0.128. The number of amides is 1. The Morgan fingerprint density at radius 1 is 1.31 bits per heavy atom. The molecule has 1 unspecified atom stereocenters. The third kappa shape index (κ3) is 6.69. The molecule has 32 heavy (non-hydrogen) atoms. The highest BCUT2D eigenvalue weighted by Gasteiger charge is 2.31. The minimum atomic E-state index is -0.188. The molecule has 1 aliphatic heterocycles. The van der Waals surface area contributed by atoms with Crippen LogP contribution in [0.2, 0.25) is 0 Å². The van der Waals surface area contributed by atoms with Gasteiger partial charge in [-0.2, -0.15) is 15.2 Å². The number of ether oxygens (including phenoxy) is 1. The normalized spacial score (nSPS) is 17.0. The number of hydrogen-bond acceptors (Lipinski definition) is 6. The van der Waals surface area contributed by atoms with Gasteiger partial charge in [-0.15, -0.1) is 0 Å². The van der Waals surface area contributed by atoms with E-state index in [-0.39, 0.29) is 18.4 Å². The first-order valence-electron chi connectivity index (χ1n) is 12.1. The molecule has 1 aromatic heterocycles. The topological polar surface area (TPSA) is 82.3 Å². The highest BCUT2D eigenvalue weighted by Crippen LogP contribution is 2.28. The number of anilines is 1. The summed E-state index contributed by atoms with van der Waals surface area (Å²) in [5, 5.41) is 9.32. The molecule has 7 heteroatoms. The molecule has 1 aromatic rings. The van der Waals surface area contributed by atoms with Crippen LogP contribution in [0.5, 0.6) is 6.01 Å². The molecule has 2 rings (SSSR count). The Labute approximate surface area is 193 Å². The standard InChI is InChI=1S/C25H39N5O2/c1-6-10-12-19(5)18-32-25-27-22(8-3)21(11-7-2)24(28-25)29-15-16-30(23(31)9-4)20(17-29)13-14-26/h9,19-20H,4,6-8,10-13,15-18H2,1-3,5H3/t19-,20?/m0/s1. The van der Waals surface area contributed by atoms with Crippen LogP contribution in [0.3, 0.4) is 0 Å². The van der Waals surface area contributed by atoms with E-state index < -0.39 is 0 Å². The van der Waals surface area contributed by atoms with Crippen molar-refractivity contribution in [3.63, 3.8) is 0 Å².